The number of hydrogen-bond donors (Lipinski definition) is 2. The highest BCUT2D eigenvalue weighted by Crippen LogP contribution is 2.19. The summed E-state index contributed by atoms with van der Waals surface area (Å²) in [4.78, 5) is 20.1. The maximum atomic E-state index is 12.0. The van der Waals surface area contributed by atoms with Crippen molar-refractivity contribution in [3.8, 4) is 0 Å². The molecular formula is C13H13ClN4O. The summed E-state index contributed by atoms with van der Waals surface area (Å²) in [6.45, 7) is 1.93. The Labute approximate surface area is 116 Å². The first kappa shape index (κ1) is 13.3. The molecule has 0 spiro atoms. The van der Waals surface area contributed by atoms with Crippen LogP contribution >= 0.6 is 11.6 Å². The number of nitrogens with zero attached hydrogens (tertiary/aromatic N) is 2. The number of aryl methyl sites for hydroxylation is 1. The molecule has 0 unspecified atom stereocenters. The van der Waals surface area contributed by atoms with Crippen molar-refractivity contribution in [1.82, 2.24) is 9.97 Å². The SMILES string of the molecule is CNc1ncc(C(=O)Nc2ccc(C)cn2)cc1Cl. The quantitative estimate of drug-likeness (QED) is 0.905. The van der Waals surface area contributed by atoms with E-state index in [9.17, 15) is 4.79 Å². The Morgan fingerprint density at radius 1 is 1.26 bits per heavy atom. The average Bonchev–Trinajstić information content (AvgIpc) is 2.41. The van der Waals surface area contributed by atoms with E-state index in [1.54, 1.807) is 25.4 Å². The Hall–Kier alpha value is -2.14. The molecular weight excluding hydrogens is 264 g/mol. The summed E-state index contributed by atoms with van der Waals surface area (Å²) < 4.78 is 0. The summed E-state index contributed by atoms with van der Waals surface area (Å²) in [5, 5.41) is 5.91. The lowest BCUT2D eigenvalue weighted by atomic mass is 10.2. The van der Waals surface area contributed by atoms with Gasteiger partial charge in [0.15, 0.2) is 0 Å². The van der Waals surface area contributed by atoms with Crippen molar-refractivity contribution in [1.29, 1.82) is 0 Å². The molecule has 2 aromatic rings. The molecule has 0 aliphatic rings. The minimum absolute atomic E-state index is 0.298. The van der Waals surface area contributed by atoms with Gasteiger partial charge in [-0.2, -0.15) is 0 Å². The first-order valence-electron chi connectivity index (χ1n) is 5.67. The summed E-state index contributed by atoms with van der Waals surface area (Å²) in [5.41, 5.74) is 1.41. The molecule has 2 aromatic heterocycles. The lowest BCUT2D eigenvalue weighted by Gasteiger charge is -2.06. The molecule has 6 heteroatoms. The van der Waals surface area contributed by atoms with Crippen molar-refractivity contribution in [3.05, 3.63) is 46.7 Å². The first-order valence-corrected chi connectivity index (χ1v) is 6.05. The summed E-state index contributed by atoms with van der Waals surface area (Å²) >= 11 is 5.98. The molecule has 2 N–H and O–H groups in total. The van der Waals surface area contributed by atoms with Crippen LogP contribution in [0.4, 0.5) is 11.6 Å². The zero-order valence-corrected chi connectivity index (χ0v) is 11.3. The molecule has 0 aromatic carbocycles. The predicted octanol–water partition coefficient (Wildman–Crippen LogP) is 2.73. The van der Waals surface area contributed by atoms with Gasteiger partial charge in [-0.1, -0.05) is 17.7 Å². The largest absolute Gasteiger partial charge is 0.372 e. The monoisotopic (exact) mass is 276 g/mol. The Morgan fingerprint density at radius 3 is 2.63 bits per heavy atom. The number of amides is 1. The normalized spacial score (nSPS) is 10.1. The van der Waals surface area contributed by atoms with Crippen LogP contribution in [0.1, 0.15) is 15.9 Å². The van der Waals surface area contributed by atoms with Crippen LogP contribution in [0.3, 0.4) is 0 Å². The van der Waals surface area contributed by atoms with Gasteiger partial charge in [-0.3, -0.25) is 4.79 Å². The number of carbonyl (C=O) groups excluding carboxylic acids is 1. The van der Waals surface area contributed by atoms with Gasteiger partial charge < -0.3 is 10.6 Å². The Balaban J connectivity index is 2.16. The fraction of sp³-hybridized carbons (Fsp3) is 0.154. The molecule has 0 radical (unpaired) electrons. The number of carbonyl (C=O) groups is 1. The number of anilines is 2. The fourth-order valence-electron chi connectivity index (χ4n) is 1.48. The van der Waals surface area contributed by atoms with Crippen LogP contribution < -0.4 is 10.6 Å². The average molecular weight is 277 g/mol. The molecule has 0 atom stereocenters. The Kier molecular flexibility index (Phi) is 3.97. The molecule has 2 rings (SSSR count). The molecule has 19 heavy (non-hydrogen) atoms. The van der Waals surface area contributed by atoms with Crippen molar-refractivity contribution >= 4 is 29.1 Å². The van der Waals surface area contributed by atoms with Gasteiger partial charge in [0.1, 0.15) is 11.6 Å². The number of pyridine rings is 2. The molecule has 2 heterocycles. The van der Waals surface area contributed by atoms with Crippen molar-refractivity contribution in [2.24, 2.45) is 0 Å². The minimum atomic E-state index is -0.298. The molecule has 1 amide bonds. The third-order valence-corrected chi connectivity index (χ3v) is 2.78. The molecule has 0 bridgehead atoms. The molecule has 0 aliphatic heterocycles. The Morgan fingerprint density at radius 2 is 2.05 bits per heavy atom. The highest BCUT2D eigenvalue weighted by atomic mass is 35.5. The van der Waals surface area contributed by atoms with Crippen LogP contribution in [-0.2, 0) is 0 Å². The first-order chi connectivity index (χ1) is 9.10. The lowest BCUT2D eigenvalue weighted by molar-refractivity contribution is 0.102. The number of aromatic nitrogens is 2. The van der Waals surface area contributed by atoms with E-state index in [-0.39, 0.29) is 5.91 Å². The van der Waals surface area contributed by atoms with Gasteiger partial charge >= 0.3 is 0 Å². The standard InChI is InChI=1S/C13H13ClN4O/c1-8-3-4-11(16-6-8)18-13(19)9-5-10(14)12(15-2)17-7-9/h3-7H,1-2H3,(H,15,17)(H,16,18,19). The topological polar surface area (TPSA) is 66.9 Å². The fourth-order valence-corrected chi connectivity index (χ4v) is 1.74. The zero-order valence-electron chi connectivity index (χ0n) is 10.6. The molecule has 0 aliphatic carbocycles. The minimum Gasteiger partial charge on any atom is -0.372 e. The summed E-state index contributed by atoms with van der Waals surface area (Å²) in [6.07, 6.45) is 3.15. The third-order valence-electron chi connectivity index (χ3n) is 2.49. The predicted molar refractivity (Wildman–Crippen MR) is 75.7 cm³/mol. The molecule has 5 nitrogen and oxygen atoms in total. The second kappa shape index (κ2) is 5.67. The van der Waals surface area contributed by atoms with Crippen LogP contribution in [0.15, 0.2) is 30.6 Å². The van der Waals surface area contributed by atoms with E-state index in [4.69, 9.17) is 11.6 Å². The van der Waals surface area contributed by atoms with E-state index in [1.807, 2.05) is 13.0 Å². The van der Waals surface area contributed by atoms with E-state index in [1.165, 1.54) is 6.20 Å². The highest BCUT2D eigenvalue weighted by molar-refractivity contribution is 6.33. The molecule has 0 saturated heterocycles. The van der Waals surface area contributed by atoms with Gasteiger partial charge in [-0.05, 0) is 24.6 Å². The van der Waals surface area contributed by atoms with E-state index < -0.39 is 0 Å². The van der Waals surface area contributed by atoms with Gasteiger partial charge in [-0.15, -0.1) is 0 Å². The Bertz CT molecular complexity index is 598. The van der Waals surface area contributed by atoms with Crippen LogP contribution in [0.2, 0.25) is 5.02 Å². The lowest BCUT2D eigenvalue weighted by Crippen LogP contribution is -2.13. The zero-order chi connectivity index (χ0) is 13.8. The van der Waals surface area contributed by atoms with Crippen LogP contribution in [-0.4, -0.2) is 22.9 Å². The molecule has 98 valence electrons. The van der Waals surface area contributed by atoms with Gasteiger partial charge in [-0.25, -0.2) is 9.97 Å². The van der Waals surface area contributed by atoms with Crippen LogP contribution in [0.25, 0.3) is 0 Å². The van der Waals surface area contributed by atoms with Crippen molar-refractivity contribution in [3.63, 3.8) is 0 Å². The number of halogens is 1. The van der Waals surface area contributed by atoms with Gasteiger partial charge in [0, 0.05) is 19.4 Å². The summed E-state index contributed by atoms with van der Waals surface area (Å²) in [7, 11) is 1.71. The number of rotatable bonds is 3. The smallest absolute Gasteiger partial charge is 0.258 e. The van der Waals surface area contributed by atoms with E-state index >= 15 is 0 Å². The number of nitrogens with one attached hydrogen (secondary N) is 2. The van der Waals surface area contributed by atoms with Crippen molar-refractivity contribution < 1.29 is 4.79 Å². The number of hydrogen-bond acceptors (Lipinski definition) is 4. The van der Waals surface area contributed by atoms with E-state index in [2.05, 4.69) is 20.6 Å². The van der Waals surface area contributed by atoms with Gasteiger partial charge in [0.25, 0.3) is 5.91 Å². The van der Waals surface area contributed by atoms with Crippen molar-refractivity contribution in [2.45, 2.75) is 6.92 Å². The molecule has 0 saturated carbocycles. The van der Waals surface area contributed by atoms with Gasteiger partial charge in [0.2, 0.25) is 0 Å². The van der Waals surface area contributed by atoms with Crippen LogP contribution in [0, 0.1) is 6.92 Å². The second-order valence-corrected chi connectivity index (χ2v) is 4.39. The van der Waals surface area contributed by atoms with Crippen molar-refractivity contribution in [2.75, 3.05) is 17.7 Å². The van der Waals surface area contributed by atoms with E-state index in [0.717, 1.165) is 5.56 Å². The second-order valence-electron chi connectivity index (χ2n) is 3.98. The van der Waals surface area contributed by atoms with Gasteiger partial charge in [0.05, 0.1) is 10.6 Å². The van der Waals surface area contributed by atoms with E-state index in [0.29, 0.717) is 22.2 Å². The highest BCUT2D eigenvalue weighted by Gasteiger charge is 2.10. The maximum absolute atomic E-state index is 12.0. The third kappa shape index (κ3) is 3.20. The maximum Gasteiger partial charge on any atom is 0.258 e. The molecule has 0 fully saturated rings. The summed E-state index contributed by atoms with van der Waals surface area (Å²) in [6, 6.07) is 5.17. The van der Waals surface area contributed by atoms with Crippen LogP contribution in [0.5, 0.6) is 0 Å². The summed E-state index contributed by atoms with van der Waals surface area (Å²) in [5.74, 6) is 0.726.